The Morgan fingerprint density at radius 3 is 2.59 bits per heavy atom. The molecule has 0 unspecified atom stereocenters. The summed E-state index contributed by atoms with van der Waals surface area (Å²) in [6.07, 6.45) is -0.552. The molecular weight excluding hydrogens is 490 g/mol. The molecule has 32 heavy (non-hydrogen) atoms. The van der Waals surface area contributed by atoms with Gasteiger partial charge in [0.05, 0.1) is 0 Å². The molecule has 0 aliphatic heterocycles. The molecule has 0 aliphatic rings. The summed E-state index contributed by atoms with van der Waals surface area (Å²) in [5.74, 6) is -1.29. The van der Waals surface area contributed by atoms with Crippen LogP contribution in [0.3, 0.4) is 0 Å². The van der Waals surface area contributed by atoms with Gasteiger partial charge >= 0.3 is 6.09 Å². The van der Waals surface area contributed by atoms with Crippen molar-refractivity contribution in [3.63, 3.8) is 0 Å². The molecular formula is C21H27BrF2N4O4. The van der Waals surface area contributed by atoms with Crippen molar-refractivity contribution in [1.29, 1.82) is 0 Å². The minimum absolute atomic E-state index is 0.0411. The van der Waals surface area contributed by atoms with E-state index in [1.165, 1.54) is 6.07 Å². The van der Waals surface area contributed by atoms with Gasteiger partial charge in [0, 0.05) is 30.8 Å². The predicted octanol–water partition coefficient (Wildman–Crippen LogP) is 4.13. The van der Waals surface area contributed by atoms with Crippen LogP contribution in [-0.2, 0) is 11.3 Å². The Bertz CT molecular complexity index is 1010. The molecule has 0 spiro atoms. The van der Waals surface area contributed by atoms with Gasteiger partial charge in [-0.05, 0) is 62.7 Å². The smallest absolute Gasteiger partial charge is 0.407 e. The highest BCUT2D eigenvalue weighted by Crippen LogP contribution is 2.23. The number of nitrogens with zero attached hydrogens (tertiary/aromatic N) is 2. The van der Waals surface area contributed by atoms with E-state index in [-0.39, 0.29) is 41.1 Å². The number of H-pyrrole nitrogens is 1. The maximum absolute atomic E-state index is 13.9. The summed E-state index contributed by atoms with van der Waals surface area (Å²) in [6.45, 7) is 9.40. The van der Waals surface area contributed by atoms with E-state index in [1.54, 1.807) is 25.7 Å². The van der Waals surface area contributed by atoms with E-state index in [0.29, 0.717) is 6.54 Å². The Balaban J connectivity index is 2.14. The highest BCUT2D eigenvalue weighted by atomic mass is 79.9. The van der Waals surface area contributed by atoms with E-state index in [1.807, 2.05) is 13.8 Å². The number of carbonyl (C=O) groups is 1. The zero-order valence-corrected chi connectivity index (χ0v) is 20.2. The second kappa shape index (κ2) is 10.8. The normalized spacial score (nSPS) is 11.4. The molecule has 1 aromatic carbocycles. The van der Waals surface area contributed by atoms with Gasteiger partial charge in [0.1, 0.15) is 28.3 Å². The first kappa shape index (κ1) is 25.6. The maximum atomic E-state index is 13.9. The summed E-state index contributed by atoms with van der Waals surface area (Å²) in [5.41, 5.74) is -0.990. The van der Waals surface area contributed by atoms with Crippen LogP contribution in [-0.4, -0.2) is 40.8 Å². The molecule has 0 aliphatic carbocycles. The largest absolute Gasteiger partial charge is 0.472 e. The minimum atomic E-state index is -0.761. The number of ether oxygens (including phenoxy) is 2. The van der Waals surface area contributed by atoms with Gasteiger partial charge in [-0.3, -0.25) is 9.78 Å². The lowest BCUT2D eigenvalue weighted by atomic mass is 10.2. The molecule has 176 valence electrons. The number of amides is 1. The van der Waals surface area contributed by atoms with Gasteiger partial charge in [0.2, 0.25) is 11.8 Å². The van der Waals surface area contributed by atoms with Crippen LogP contribution in [0.25, 0.3) is 0 Å². The van der Waals surface area contributed by atoms with Crippen LogP contribution in [0.15, 0.2) is 27.5 Å². The zero-order valence-electron chi connectivity index (χ0n) is 18.6. The molecule has 1 aromatic heterocycles. The molecule has 0 radical (unpaired) electrons. The number of rotatable bonds is 8. The third kappa shape index (κ3) is 7.47. The average molecular weight is 517 g/mol. The van der Waals surface area contributed by atoms with Crippen molar-refractivity contribution in [3.8, 4) is 5.88 Å². The molecule has 0 saturated heterocycles. The van der Waals surface area contributed by atoms with Gasteiger partial charge in [-0.2, -0.15) is 4.98 Å². The first-order valence-electron chi connectivity index (χ1n) is 9.97. The number of nitrogens with one attached hydrogen (secondary N) is 2. The summed E-state index contributed by atoms with van der Waals surface area (Å²) >= 11 is 3.13. The van der Waals surface area contributed by atoms with Crippen LogP contribution in [0, 0.1) is 11.6 Å². The van der Waals surface area contributed by atoms with Crippen LogP contribution >= 0.6 is 15.9 Å². The molecule has 2 rings (SSSR count). The van der Waals surface area contributed by atoms with E-state index in [4.69, 9.17) is 9.47 Å². The Labute approximate surface area is 193 Å². The molecule has 11 heteroatoms. The van der Waals surface area contributed by atoms with Gasteiger partial charge in [-0.1, -0.05) is 0 Å². The van der Waals surface area contributed by atoms with E-state index in [2.05, 4.69) is 31.2 Å². The number of hydrogen-bond acceptors (Lipinski definition) is 6. The van der Waals surface area contributed by atoms with E-state index >= 15 is 0 Å². The Hall–Kier alpha value is -2.69. The van der Waals surface area contributed by atoms with Gasteiger partial charge in [0.25, 0.3) is 5.56 Å². The van der Waals surface area contributed by atoms with Gasteiger partial charge in [-0.15, -0.1) is 0 Å². The Morgan fingerprint density at radius 1 is 1.31 bits per heavy atom. The van der Waals surface area contributed by atoms with E-state index in [0.717, 1.165) is 12.1 Å². The van der Waals surface area contributed by atoms with Gasteiger partial charge in [-0.25, -0.2) is 13.6 Å². The molecule has 0 bridgehead atoms. The van der Waals surface area contributed by atoms with E-state index < -0.39 is 28.9 Å². The maximum Gasteiger partial charge on any atom is 0.407 e. The van der Waals surface area contributed by atoms with Crippen molar-refractivity contribution in [1.82, 2.24) is 15.3 Å². The van der Waals surface area contributed by atoms with Crippen molar-refractivity contribution >= 4 is 28.0 Å². The van der Waals surface area contributed by atoms with Crippen molar-refractivity contribution < 1.29 is 23.0 Å². The predicted molar refractivity (Wildman–Crippen MR) is 120 cm³/mol. The molecule has 2 aromatic rings. The quantitative estimate of drug-likeness (QED) is 0.547. The van der Waals surface area contributed by atoms with Crippen LogP contribution < -0.4 is 20.5 Å². The fraction of sp³-hybridized carbons (Fsp3) is 0.476. The fourth-order valence-electron chi connectivity index (χ4n) is 2.64. The second-order valence-corrected chi connectivity index (χ2v) is 9.04. The molecule has 8 nitrogen and oxygen atoms in total. The zero-order chi connectivity index (χ0) is 24.1. The van der Waals surface area contributed by atoms with Crippen LogP contribution in [0.2, 0.25) is 0 Å². The number of benzene rings is 1. The van der Waals surface area contributed by atoms with Crippen molar-refractivity contribution in [2.75, 3.05) is 18.0 Å². The summed E-state index contributed by atoms with van der Waals surface area (Å²) in [7, 11) is 0. The molecule has 0 atom stereocenters. The molecule has 0 saturated carbocycles. The van der Waals surface area contributed by atoms with Crippen LogP contribution in [0.5, 0.6) is 5.88 Å². The lowest BCUT2D eigenvalue weighted by molar-refractivity contribution is 0.0529. The van der Waals surface area contributed by atoms with Crippen LogP contribution in [0.4, 0.5) is 19.5 Å². The summed E-state index contributed by atoms with van der Waals surface area (Å²) in [6, 6.07) is 3.05. The molecule has 0 fully saturated rings. The number of alkyl carbamates (subject to hydrolysis) is 1. The molecule has 2 N–H and O–H groups in total. The highest BCUT2D eigenvalue weighted by molar-refractivity contribution is 9.10. The van der Waals surface area contributed by atoms with Gasteiger partial charge in [0.15, 0.2) is 0 Å². The van der Waals surface area contributed by atoms with Crippen molar-refractivity contribution in [3.05, 3.63) is 50.2 Å². The number of hydrogen-bond donors (Lipinski definition) is 2. The number of aromatic amines is 1. The molecule has 1 heterocycles. The van der Waals surface area contributed by atoms with Crippen molar-refractivity contribution in [2.45, 2.75) is 52.9 Å². The monoisotopic (exact) mass is 516 g/mol. The number of carbonyl (C=O) groups excluding carboxylic acids is 1. The lowest BCUT2D eigenvalue weighted by Crippen LogP contribution is -2.41. The number of anilines is 1. The first-order valence-corrected chi connectivity index (χ1v) is 10.8. The standard InChI is InChI=1S/C21H27BrF2N4O4/c1-12(2)28(9-8-25-20(30)32-21(3,4)5)19-26-17(29)16(22)18(27-19)31-11-13-6-7-14(23)10-15(13)24/h6-7,10,12H,8-9,11H2,1-5H3,(H,25,30)(H,26,27,29). The van der Waals surface area contributed by atoms with E-state index in [9.17, 15) is 18.4 Å². The Morgan fingerprint density at radius 2 is 2.00 bits per heavy atom. The molecule has 1 amide bonds. The highest BCUT2D eigenvalue weighted by Gasteiger charge is 2.20. The second-order valence-electron chi connectivity index (χ2n) is 8.25. The first-order chi connectivity index (χ1) is 14.9. The van der Waals surface area contributed by atoms with Gasteiger partial charge < -0.3 is 19.7 Å². The van der Waals surface area contributed by atoms with Crippen LogP contribution in [0.1, 0.15) is 40.2 Å². The average Bonchev–Trinajstić information content (AvgIpc) is 2.65. The number of halogens is 3. The summed E-state index contributed by atoms with van der Waals surface area (Å²) < 4.78 is 37.8. The van der Waals surface area contributed by atoms with Crippen molar-refractivity contribution in [2.24, 2.45) is 0 Å². The fourth-order valence-corrected chi connectivity index (χ4v) is 2.95. The lowest BCUT2D eigenvalue weighted by Gasteiger charge is -2.28. The minimum Gasteiger partial charge on any atom is -0.472 e. The third-order valence-corrected chi connectivity index (χ3v) is 4.82. The SMILES string of the molecule is CC(C)N(CCNC(=O)OC(C)(C)C)c1nc(OCc2ccc(F)cc2F)c(Br)c(=O)[nH]1. The Kier molecular flexibility index (Phi) is 8.59. The summed E-state index contributed by atoms with van der Waals surface area (Å²) in [5, 5.41) is 2.66. The third-order valence-electron chi connectivity index (χ3n) is 4.12. The topological polar surface area (TPSA) is 96.6 Å². The number of aromatic nitrogens is 2. The summed E-state index contributed by atoms with van der Waals surface area (Å²) in [4.78, 5) is 33.0.